The Kier molecular flexibility index (Phi) is 5.46. The standard InChI is InChI=1S/C12H16BrN3O4/c1-3-15-12(2,11(14)17)7-20-10-8(13)5-4-6-9(10)16(18)19/h4-6,15H,3,7H2,1-2H3,(H2,14,17). The Balaban J connectivity index is 2.99. The van der Waals surface area contributed by atoms with Crippen molar-refractivity contribution in [2.75, 3.05) is 13.2 Å². The third-order valence-electron chi connectivity index (χ3n) is 2.76. The van der Waals surface area contributed by atoms with Crippen LogP contribution in [0.2, 0.25) is 0 Å². The van der Waals surface area contributed by atoms with E-state index in [0.717, 1.165) is 0 Å². The summed E-state index contributed by atoms with van der Waals surface area (Å²) >= 11 is 3.19. The number of amides is 1. The Morgan fingerprint density at radius 2 is 2.25 bits per heavy atom. The Bertz CT molecular complexity index is 523. The SMILES string of the molecule is CCNC(C)(COc1c(Br)cccc1[N+](=O)[O-])C(N)=O. The van der Waals surface area contributed by atoms with E-state index in [1.807, 2.05) is 6.92 Å². The van der Waals surface area contributed by atoms with Crippen molar-refractivity contribution in [3.63, 3.8) is 0 Å². The van der Waals surface area contributed by atoms with E-state index in [2.05, 4.69) is 21.2 Å². The maximum Gasteiger partial charge on any atom is 0.312 e. The van der Waals surface area contributed by atoms with Gasteiger partial charge in [-0.25, -0.2) is 0 Å². The number of ether oxygens (including phenoxy) is 1. The van der Waals surface area contributed by atoms with Crippen molar-refractivity contribution in [2.45, 2.75) is 19.4 Å². The average molecular weight is 346 g/mol. The Hall–Kier alpha value is -1.67. The quantitative estimate of drug-likeness (QED) is 0.576. The number of carbonyl (C=O) groups is 1. The fourth-order valence-corrected chi connectivity index (χ4v) is 2.07. The molecule has 20 heavy (non-hydrogen) atoms. The molecule has 0 aliphatic rings. The number of hydrogen-bond acceptors (Lipinski definition) is 5. The van der Waals surface area contributed by atoms with E-state index in [0.29, 0.717) is 11.0 Å². The maximum atomic E-state index is 11.5. The first kappa shape index (κ1) is 16.4. The van der Waals surface area contributed by atoms with Gasteiger partial charge in [0.1, 0.15) is 12.1 Å². The zero-order valence-electron chi connectivity index (χ0n) is 11.2. The van der Waals surface area contributed by atoms with Gasteiger partial charge in [-0.1, -0.05) is 13.0 Å². The number of hydrogen-bond donors (Lipinski definition) is 2. The van der Waals surface area contributed by atoms with Crippen LogP contribution in [0.5, 0.6) is 5.75 Å². The summed E-state index contributed by atoms with van der Waals surface area (Å²) in [7, 11) is 0. The third kappa shape index (κ3) is 3.67. The molecule has 0 bridgehead atoms. The normalized spacial score (nSPS) is 13.6. The number of nitro groups is 1. The van der Waals surface area contributed by atoms with Gasteiger partial charge in [-0.05, 0) is 35.5 Å². The zero-order chi connectivity index (χ0) is 15.3. The molecule has 110 valence electrons. The second kappa shape index (κ2) is 6.67. The molecular formula is C12H16BrN3O4. The summed E-state index contributed by atoms with van der Waals surface area (Å²) in [5.41, 5.74) is 4.05. The highest BCUT2D eigenvalue weighted by molar-refractivity contribution is 9.10. The Morgan fingerprint density at radius 1 is 1.60 bits per heavy atom. The summed E-state index contributed by atoms with van der Waals surface area (Å²) in [5.74, 6) is -0.517. The molecule has 0 saturated carbocycles. The molecule has 1 aromatic rings. The van der Waals surface area contributed by atoms with Crippen molar-refractivity contribution in [1.82, 2.24) is 5.32 Å². The number of rotatable bonds is 7. The van der Waals surface area contributed by atoms with Crippen LogP contribution >= 0.6 is 15.9 Å². The van der Waals surface area contributed by atoms with Crippen molar-refractivity contribution in [3.8, 4) is 5.75 Å². The first-order chi connectivity index (χ1) is 9.31. The highest BCUT2D eigenvalue weighted by atomic mass is 79.9. The molecule has 1 amide bonds. The van der Waals surface area contributed by atoms with Crippen LogP contribution < -0.4 is 15.8 Å². The topological polar surface area (TPSA) is 107 Å². The number of para-hydroxylation sites is 1. The van der Waals surface area contributed by atoms with Crippen LogP contribution in [0.4, 0.5) is 5.69 Å². The van der Waals surface area contributed by atoms with Crippen molar-refractivity contribution in [2.24, 2.45) is 5.73 Å². The number of carbonyl (C=O) groups excluding carboxylic acids is 1. The molecule has 3 N–H and O–H groups in total. The van der Waals surface area contributed by atoms with Gasteiger partial charge in [0.15, 0.2) is 0 Å². The lowest BCUT2D eigenvalue weighted by Gasteiger charge is -2.26. The number of likely N-dealkylation sites (N-methyl/N-ethyl adjacent to an activating group) is 1. The molecule has 1 atom stereocenters. The largest absolute Gasteiger partial charge is 0.484 e. The summed E-state index contributed by atoms with van der Waals surface area (Å²) in [5, 5.41) is 13.9. The van der Waals surface area contributed by atoms with Crippen molar-refractivity contribution >= 4 is 27.5 Å². The monoisotopic (exact) mass is 345 g/mol. The highest BCUT2D eigenvalue weighted by Crippen LogP contribution is 2.35. The van der Waals surface area contributed by atoms with E-state index in [-0.39, 0.29) is 18.0 Å². The summed E-state index contributed by atoms with van der Waals surface area (Å²) < 4.78 is 5.90. The van der Waals surface area contributed by atoms with Gasteiger partial charge in [-0.15, -0.1) is 0 Å². The molecule has 0 heterocycles. The average Bonchev–Trinajstić information content (AvgIpc) is 2.37. The number of benzene rings is 1. The van der Waals surface area contributed by atoms with E-state index < -0.39 is 16.4 Å². The van der Waals surface area contributed by atoms with Crippen LogP contribution in [0.15, 0.2) is 22.7 Å². The van der Waals surface area contributed by atoms with E-state index in [1.54, 1.807) is 13.0 Å². The fourth-order valence-electron chi connectivity index (χ4n) is 1.60. The van der Waals surface area contributed by atoms with Gasteiger partial charge in [0.25, 0.3) is 0 Å². The molecule has 7 nitrogen and oxygen atoms in total. The summed E-state index contributed by atoms with van der Waals surface area (Å²) in [6, 6.07) is 4.48. The molecule has 0 radical (unpaired) electrons. The molecule has 8 heteroatoms. The fraction of sp³-hybridized carbons (Fsp3) is 0.417. The van der Waals surface area contributed by atoms with E-state index in [1.165, 1.54) is 12.1 Å². The van der Waals surface area contributed by atoms with Gasteiger partial charge in [-0.3, -0.25) is 14.9 Å². The minimum atomic E-state index is -1.10. The Morgan fingerprint density at radius 3 is 2.75 bits per heavy atom. The lowest BCUT2D eigenvalue weighted by molar-refractivity contribution is -0.386. The maximum absolute atomic E-state index is 11.5. The van der Waals surface area contributed by atoms with Gasteiger partial charge in [0, 0.05) is 6.07 Å². The molecule has 0 saturated heterocycles. The van der Waals surface area contributed by atoms with Gasteiger partial charge >= 0.3 is 5.69 Å². The number of halogens is 1. The first-order valence-corrected chi connectivity index (χ1v) is 6.71. The minimum Gasteiger partial charge on any atom is -0.484 e. The Labute approximate surface area is 124 Å². The molecular weight excluding hydrogens is 330 g/mol. The van der Waals surface area contributed by atoms with Crippen LogP contribution in [0.25, 0.3) is 0 Å². The second-order valence-corrected chi connectivity index (χ2v) is 5.21. The molecule has 0 spiro atoms. The van der Waals surface area contributed by atoms with E-state index in [9.17, 15) is 14.9 Å². The van der Waals surface area contributed by atoms with E-state index in [4.69, 9.17) is 10.5 Å². The number of primary amides is 1. The number of nitrogens with one attached hydrogen (secondary N) is 1. The third-order valence-corrected chi connectivity index (χ3v) is 3.38. The van der Waals surface area contributed by atoms with Crippen molar-refractivity contribution in [1.29, 1.82) is 0 Å². The zero-order valence-corrected chi connectivity index (χ0v) is 12.8. The van der Waals surface area contributed by atoms with Crippen LogP contribution in [0.3, 0.4) is 0 Å². The smallest absolute Gasteiger partial charge is 0.312 e. The van der Waals surface area contributed by atoms with Gasteiger partial charge in [0.05, 0.1) is 9.40 Å². The molecule has 0 aliphatic carbocycles. The molecule has 1 unspecified atom stereocenters. The predicted molar refractivity (Wildman–Crippen MR) is 77.6 cm³/mol. The molecule has 1 rings (SSSR count). The number of nitro benzene ring substituents is 1. The van der Waals surface area contributed by atoms with Crippen LogP contribution in [0, 0.1) is 10.1 Å². The van der Waals surface area contributed by atoms with E-state index >= 15 is 0 Å². The number of nitrogens with two attached hydrogens (primary N) is 1. The minimum absolute atomic E-state index is 0.0721. The highest BCUT2D eigenvalue weighted by Gasteiger charge is 2.32. The summed E-state index contributed by atoms with van der Waals surface area (Å²) in [4.78, 5) is 21.9. The molecule has 0 aliphatic heterocycles. The van der Waals surface area contributed by atoms with Gasteiger partial charge < -0.3 is 15.8 Å². The second-order valence-electron chi connectivity index (χ2n) is 4.36. The molecule has 0 aromatic heterocycles. The lowest BCUT2D eigenvalue weighted by atomic mass is 10.0. The first-order valence-electron chi connectivity index (χ1n) is 5.92. The predicted octanol–water partition coefficient (Wildman–Crippen LogP) is 1.59. The van der Waals surface area contributed by atoms with Crippen LogP contribution in [-0.4, -0.2) is 29.5 Å². The van der Waals surface area contributed by atoms with Crippen LogP contribution in [0.1, 0.15) is 13.8 Å². The van der Waals surface area contributed by atoms with Gasteiger partial charge in [0.2, 0.25) is 11.7 Å². The van der Waals surface area contributed by atoms with Crippen LogP contribution in [-0.2, 0) is 4.79 Å². The number of nitrogens with zero attached hydrogens (tertiary/aromatic N) is 1. The summed E-state index contributed by atoms with van der Waals surface area (Å²) in [6.45, 7) is 3.81. The molecule has 0 fully saturated rings. The van der Waals surface area contributed by atoms with Crippen molar-refractivity contribution in [3.05, 3.63) is 32.8 Å². The molecule has 1 aromatic carbocycles. The van der Waals surface area contributed by atoms with Crippen molar-refractivity contribution < 1.29 is 14.5 Å². The summed E-state index contributed by atoms with van der Waals surface area (Å²) in [6.07, 6.45) is 0. The lowest BCUT2D eigenvalue weighted by Crippen LogP contribution is -2.57. The van der Waals surface area contributed by atoms with Gasteiger partial charge in [-0.2, -0.15) is 0 Å².